The first kappa shape index (κ1) is 16.2. The lowest BCUT2D eigenvalue weighted by Gasteiger charge is -2.36. The number of hydrogen-bond donors (Lipinski definition) is 0. The second-order valence-electron chi connectivity index (χ2n) is 7.46. The molecular weight excluding hydrogens is 312 g/mol. The van der Waals surface area contributed by atoms with Gasteiger partial charge in [-0.05, 0) is 49.8 Å². The number of benzene rings is 2. The van der Waals surface area contributed by atoms with Gasteiger partial charge >= 0.3 is 5.97 Å². The maximum Gasteiger partial charge on any atom is 0.302 e. The highest BCUT2D eigenvalue weighted by Gasteiger charge is 2.46. The van der Waals surface area contributed by atoms with E-state index in [1.165, 1.54) is 29.2 Å². The van der Waals surface area contributed by atoms with E-state index in [4.69, 9.17) is 9.47 Å². The van der Waals surface area contributed by atoms with E-state index in [1.807, 2.05) is 0 Å². The molecule has 2 aromatic rings. The Hall–Kier alpha value is -2.29. The number of carbonyl (C=O) groups is 1. The predicted octanol–water partition coefficient (Wildman–Crippen LogP) is 4.86. The average Bonchev–Trinajstić information content (AvgIpc) is 2.98. The molecule has 0 spiro atoms. The molecule has 0 amide bonds. The molecular formula is C22H24O3. The lowest BCUT2D eigenvalue weighted by Crippen LogP contribution is -2.27. The first-order chi connectivity index (χ1) is 12.0. The van der Waals surface area contributed by atoms with Crippen molar-refractivity contribution in [1.82, 2.24) is 0 Å². The molecule has 0 aromatic heterocycles. The van der Waals surface area contributed by atoms with Crippen molar-refractivity contribution in [2.75, 3.05) is 0 Å². The number of ether oxygens (including phenoxy) is 2. The van der Waals surface area contributed by atoms with Crippen LogP contribution < -0.4 is 4.74 Å². The van der Waals surface area contributed by atoms with Gasteiger partial charge in [0.2, 0.25) is 0 Å². The Morgan fingerprint density at radius 1 is 1.04 bits per heavy atom. The van der Waals surface area contributed by atoms with Crippen LogP contribution in [-0.4, -0.2) is 12.1 Å². The summed E-state index contributed by atoms with van der Waals surface area (Å²) in [4.78, 5) is 11.4. The standard InChI is InChI=1S/C22H24O3/c1-13-4-7-16(8-5-13)22-20-12-17(24-15(3)23)11-18(20)19-10-14(2)6-9-21(19)25-22/h4-10,17-18,20,22H,11-12H2,1-3H3/t17-,18-,20-,22-/m1/s1. The molecule has 2 aliphatic rings. The Morgan fingerprint density at radius 2 is 1.76 bits per heavy atom. The molecule has 4 atom stereocenters. The molecule has 3 heteroatoms. The van der Waals surface area contributed by atoms with Crippen LogP contribution in [0.1, 0.15) is 54.0 Å². The van der Waals surface area contributed by atoms with Gasteiger partial charge in [-0.15, -0.1) is 0 Å². The lowest BCUT2D eigenvalue weighted by molar-refractivity contribution is -0.146. The Labute approximate surface area is 149 Å². The van der Waals surface area contributed by atoms with Gasteiger partial charge in [0, 0.05) is 12.8 Å². The topological polar surface area (TPSA) is 35.5 Å². The SMILES string of the molecule is CC(=O)O[C@H]1C[C@@H]2[C@H](C1)c1cc(C)ccc1O[C@@H]2c1ccc(C)cc1. The minimum atomic E-state index is -0.194. The number of rotatable bonds is 2. The molecule has 1 aliphatic heterocycles. The van der Waals surface area contributed by atoms with Gasteiger partial charge in [-0.3, -0.25) is 4.79 Å². The van der Waals surface area contributed by atoms with Crippen molar-refractivity contribution in [2.45, 2.75) is 51.7 Å². The Kier molecular flexibility index (Phi) is 4.03. The fourth-order valence-electron chi connectivity index (χ4n) is 4.41. The van der Waals surface area contributed by atoms with E-state index in [0.29, 0.717) is 11.8 Å². The number of esters is 1. The third-order valence-electron chi connectivity index (χ3n) is 5.51. The Balaban J connectivity index is 1.73. The van der Waals surface area contributed by atoms with Gasteiger partial charge in [-0.1, -0.05) is 47.5 Å². The highest BCUT2D eigenvalue weighted by atomic mass is 16.5. The van der Waals surface area contributed by atoms with Crippen LogP contribution in [0.15, 0.2) is 42.5 Å². The van der Waals surface area contributed by atoms with E-state index in [2.05, 4.69) is 56.3 Å². The number of fused-ring (bicyclic) bond motifs is 3. The largest absolute Gasteiger partial charge is 0.485 e. The maximum atomic E-state index is 11.4. The summed E-state index contributed by atoms with van der Waals surface area (Å²) in [5, 5.41) is 0. The predicted molar refractivity (Wildman–Crippen MR) is 96.7 cm³/mol. The molecule has 1 fully saturated rings. The van der Waals surface area contributed by atoms with E-state index in [9.17, 15) is 4.79 Å². The average molecular weight is 336 g/mol. The monoisotopic (exact) mass is 336 g/mol. The highest BCUT2D eigenvalue weighted by molar-refractivity contribution is 5.66. The number of hydrogen-bond acceptors (Lipinski definition) is 3. The molecule has 1 aliphatic carbocycles. The zero-order chi connectivity index (χ0) is 17.6. The Morgan fingerprint density at radius 3 is 2.48 bits per heavy atom. The van der Waals surface area contributed by atoms with Crippen molar-refractivity contribution in [3.8, 4) is 5.75 Å². The number of aryl methyl sites for hydroxylation is 2. The first-order valence-electron chi connectivity index (χ1n) is 9.02. The van der Waals surface area contributed by atoms with E-state index < -0.39 is 0 Å². The van der Waals surface area contributed by atoms with Crippen LogP contribution in [0.25, 0.3) is 0 Å². The molecule has 3 nitrogen and oxygen atoms in total. The van der Waals surface area contributed by atoms with Crippen LogP contribution in [-0.2, 0) is 9.53 Å². The molecule has 0 saturated heterocycles. The zero-order valence-electron chi connectivity index (χ0n) is 15.0. The van der Waals surface area contributed by atoms with Gasteiger partial charge in [0.15, 0.2) is 0 Å². The third-order valence-corrected chi connectivity index (χ3v) is 5.51. The molecule has 25 heavy (non-hydrogen) atoms. The normalized spacial score (nSPS) is 27.2. The van der Waals surface area contributed by atoms with Gasteiger partial charge in [0.05, 0.1) is 0 Å². The van der Waals surface area contributed by atoms with Gasteiger partial charge in [0.25, 0.3) is 0 Å². The molecule has 2 aromatic carbocycles. The zero-order valence-corrected chi connectivity index (χ0v) is 15.0. The van der Waals surface area contributed by atoms with Crippen LogP contribution in [0.4, 0.5) is 0 Å². The van der Waals surface area contributed by atoms with Crippen molar-refractivity contribution in [3.05, 3.63) is 64.7 Å². The first-order valence-corrected chi connectivity index (χ1v) is 9.02. The van der Waals surface area contributed by atoms with E-state index in [1.54, 1.807) is 0 Å². The second kappa shape index (κ2) is 6.21. The summed E-state index contributed by atoms with van der Waals surface area (Å²) < 4.78 is 12.0. The molecule has 0 N–H and O–H groups in total. The van der Waals surface area contributed by atoms with Crippen molar-refractivity contribution in [3.63, 3.8) is 0 Å². The van der Waals surface area contributed by atoms with Crippen molar-refractivity contribution in [1.29, 1.82) is 0 Å². The molecule has 4 rings (SSSR count). The smallest absolute Gasteiger partial charge is 0.302 e. The van der Waals surface area contributed by atoms with E-state index >= 15 is 0 Å². The van der Waals surface area contributed by atoms with Gasteiger partial charge in [-0.25, -0.2) is 0 Å². The summed E-state index contributed by atoms with van der Waals surface area (Å²) in [6.45, 7) is 5.70. The molecule has 130 valence electrons. The van der Waals surface area contributed by atoms with Crippen LogP contribution in [0.2, 0.25) is 0 Å². The fourth-order valence-corrected chi connectivity index (χ4v) is 4.41. The van der Waals surface area contributed by atoms with E-state index in [0.717, 1.165) is 18.6 Å². The summed E-state index contributed by atoms with van der Waals surface area (Å²) in [7, 11) is 0. The third kappa shape index (κ3) is 3.04. The molecule has 0 unspecified atom stereocenters. The van der Waals surface area contributed by atoms with Crippen molar-refractivity contribution >= 4 is 5.97 Å². The van der Waals surface area contributed by atoms with Gasteiger partial charge in [0.1, 0.15) is 18.0 Å². The quantitative estimate of drug-likeness (QED) is 0.735. The highest BCUT2D eigenvalue weighted by Crippen LogP contribution is 2.54. The van der Waals surface area contributed by atoms with Crippen LogP contribution in [0, 0.1) is 19.8 Å². The second-order valence-corrected chi connectivity index (χ2v) is 7.46. The minimum absolute atomic E-state index is 0.0152. The van der Waals surface area contributed by atoms with Crippen LogP contribution in [0.3, 0.4) is 0 Å². The molecule has 1 saturated carbocycles. The van der Waals surface area contributed by atoms with Crippen LogP contribution in [0.5, 0.6) is 5.75 Å². The summed E-state index contributed by atoms with van der Waals surface area (Å²) in [6.07, 6.45) is 1.74. The summed E-state index contributed by atoms with van der Waals surface area (Å²) in [5.74, 6) is 1.49. The van der Waals surface area contributed by atoms with Crippen molar-refractivity contribution < 1.29 is 14.3 Å². The number of carbonyl (C=O) groups excluding carboxylic acids is 1. The molecule has 0 radical (unpaired) electrons. The summed E-state index contributed by atoms with van der Waals surface area (Å²) in [6, 6.07) is 15.0. The van der Waals surface area contributed by atoms with Gasteiger partial charge < -0.3 is 9.47 Å². The molecule has 1 heterocycles. The summed E-state index contributed by atoms with van der Waals surface area (Å²) in [5.41, 5.74) is 4.96. The lowest BCUT2D eigenvalue weighted by atomic mass is 9.79. The maximum absolute atomic E-state index is 11.4. The van der Waals surface area contributed by atoms with Crippen LogP contribution >= 0.6 is 0 Å². The van der Waals surface area contributed by atoms with E-state index in [-0.39, 0.29) is 18.2 Å². The summed E-state index contributed by atoms with van der Waals surface area (Å²) >= 11 is 0. The van der Waals surface area contributed by atoms with Crippen molar-refractivity contribution in [2.24, 2.45) is 5.92 Å². The van der Waals surface area contributed by atoms with Gasteiger partial charge in [-0.2, -0.15) is 0 Å². The Bertz CT molecular complexity index is 793. The molecule has 0 bridgehead atoms. The fraction of sp³-hybridized carbons (Fsp3) is 0.409. The minimum Gasteiger partial charge on any atom is -0.485 e.